The first-order valence-corrected chi connectivity index (χ1v) is 8.24. The van der Waals surface area contributed by atoms with E-state index < -0.39 is 16.0 Å². The fraction of sp³-hybridized carbons (Fsp3) is 0.500. The van der Waals surface area contributed by atoms with Crippen LogP contribution in [0.1, 0.15) is 32.1 Å². The Morgan fingerprint density at radius 2 is 1.95 bits per heavy atom. The van der Waals surface area contributed by atoms with Crippen LogP contribution in [0.2, 0.25) is 0 Å². The van der Waals surface area contributed by atoms with Gasteiger partial charge in [0.2, 0.25) is 10.0 Å². The molecule has 2 rings (SSSR count). The third kappa shape index (κ3) is 3.37. The predicted octanol–water partition coefficient (Wildman–Crippen LogP) is 2.09. The zero-order chi connectivity index (χ0) is 14.6. The van der Waals surface area contributed by atoms with E-state index >= 15 is 0 Å². The van der Waals surface area contributed by atoms with Crippen LogP contribution in [-0.2, 0) is 14.8 Å². The molecule has 0 aromatic heterocycles. The lowest BCUT2D eigenvalue weighted by molar-refractivity contribution is -0.137. The van der Waals surface area contributed by atoms with Gasteiger partial charge in [-0.3, -0.25) is 4.79 Å². The molecule has 0 amide bonds. The molecule has 1 unspecified atom stereocenters. The largest absolute Gasteiger partial charge is 0.481 e. The van der Waals surface area contributed by atoms with E-state index in [1.807, 2.05) is 0 Å². The highest BCUT2D eigenvalue weighted by molar-refractivity contribution is 7.89. The van der Waals surface area contributed by atoms with Crippen molar-refractivity contribution in [2.24, 2.45) is 0 Å². The molecule has 0 radical (unpaired) electrons. The number of carboxylic acids is 1. The fourth-order valence-electron chi connectivity index (χ4n) is 2.60. The maximum Gasteiger partial charge on any atom is 0.303 e. The number of aliphatic carboxylic acids is 1. The molecule has 0 bridgehead atoms. The number of hydrogen-bond donors (Lipinski definition) is 1. The molecule has 1 aromatic rings. The first kappa shape index (κ1) is 15.0. The summed E-state index contributed by atoms with van der Waals surface area (Å²) in [7, 11) is -3.52. The number of benzene rings is 1. The molecular formula is C14H19NO4S. The summed E-state index contributed by atoms with van der Waals surface area (Å²) in [5.74, 6) is -0.882. The number of carbonyl (C=O) groups is 1. The van der Waals surface area contributed by atoms with Crippen molar-refractivity contribution in [1.29, 1.82) is 0 Å². The van der Waals surface area contributed by atoms with Crippen LogP contribution >= 0.6 is 0 Å². The second-order valence-corrected chi connectivity index (χ2v) is 6.90. The summed E-state index contributed by atoms with van der Waals surface area (Å²) in [5, 5.41) is 8.78. The fourth-order valence-corrected chi connectivity index (χ4v) is 4.34. The van der Waals surface area contributed by atoms with Crippen LogP contribution in [0.5, 0.6) is 0 Å². The minimum Gasteiger partial charge on any atom is -0.481 e. The van der Waals surface area contributed by atoms with E-state index in [0.29, 0.717) is 13.0 Å². The van der Waals surface area contributed by atoms with Crippen molar-refractivity contribution < 1.29 is 18.3 Å². The van der Waals surface area contributed by atoms with Crippen molar-refractivity contribution in [1.82, 2.24) is 4.31 Å². The molecule has 1 aromatic carbocycles. The molecule has 110 valence electrons. The Bertz CT molecular complexity index is 556. The Balaban J connectivity index is 2.21. The molecule has 0 aliphatic carbocycles. The molecule has 1 aliphatic rings. The SMILES string of the molecule is O=C(O)CCC1CCCCN1S(=O)(=O)c1ccccc1. The van der Waals surface area contributed by atoms with Crippen molar-refractivity contribution in [3.8, 4) is 0 Å². The van der Waals surface area contributed by atoms with Crippen molar-refractivity contribution in [2.45, 2.75) is 43.0 Å². The molecule has 1 aliphatic heterocycles. The van der Waals surface area contributed by atoms with E-state index in [-0.39, 0.29) is 17.4 Å². The Labute approximate surface area is 119 Å². The second kappa shape index (κ2) is 6.37. The molecule has 5 nitrogen and oxygen atoms in total. The molecule has 1 N–H and O–H groups in total. The van der Waals surface area contributed by atoms with Crippen LogP contribution in [0, 0.1) is 0 Å². The second-order valence-electron chi connectivity index (χ2n) is 5.01. The summed E-state index contributed by atoms with van der Waals surface area (Å²) in [6, 6.07) is 8.13. The van der Waals surface area contributed by atoms with Gasteiger partial charge < -0.3 is 5.11 Å². The highest BCUT2D eigenvalue weighted by Crippen LogP contribution is 2.27. The highest BCUT2D eigenvalue weighted by atomic mass is 32.2. The van der Waals surface area contributed by atoms with Crippen LogP contribution in [-0.4, -0.2) is 36.4 Å². The Hall–Kier alpha value is -1.40. The maximum absolute atomic E-state index is 12.6. The molecule has 0 saturated carbocycles. The summed E-state index contributed by atoms with van der Waals surface area (Å²) in [6.45, 7) is 0.474. The van der Waals surface area contributed by atoms with Gasteiger partial charge in [-0.2, -0.15) is 4.31 Å². The van der Waals surface area contributed by atoms with Crippen LogP contribution in [0.4, 0.5) is 0 Å². The van der Waals surface area contributed by atoms with E-state index in [0.717, 1.165) is 19.3 Å². The number of hydrogen-bond acceptors (Lipinski definition) is 3. The quantitative estimate of drug-likeness (QED) is 0.903. The van der Waals surface area contributed by atoms with Gasteiger partial charge in [-0.15, -0.1) is 0 Å². The minimum absolute atomic E-state index is 0.00543. The first-order chi connectivity index (χ1) is 9.51. The average molecular weight is 297 g/mol. The molecular weight excluding hydrogens is 278 g/mol. The van der Waals surface area contributed by atoms with E-state index in [1.165, 1.54) is 4.31 Å². The van der Waals surface area contributed by atoms with Gasteiger partial charge in [0.25, 0.3) is 0 Å². The summed E-state index contributed by atoms with van der Waals surface area (Å²) in [6.07, 6.45) is 2.90. The van der Waals surface area contributed by atoms with Gasteiger partial charge in [0.1, 0.15) is 0 Å². The third-order valence-corrected chi connectivity index (χ3v) is 5.58. The lowest BCUT2D eigenvalue weighted by Crippen LogP contribution is -2.43. The van der Waals surface area contributed by atoms with E-state index in [4.69, 9.17) is 5.11 Å². The highest BCUT2D eigenvalue weighted by Gasteiger charge is 2.33. The van der Waals surface area contributed by atoms with Gasteiger partial charge in [0.05, 0.1) is 4.90 Å². The molecule has 1 heterocycles. The Kier molecular flexibility index (Phi) is 4.77. The zero-order valence-electron chi connectivity index (χ0n) is 11.2. The summed E-state index contributed by atoms with van der Waals surface area (Å²) >= 11 is 0. The molecule has 1 atom stereocenters. The van der Waals surface area contributed by atoms with Gasteiger partial charge in [-0.05, 0) is 31.4 Å². The van der Waals surface area contributed by atoms with Gasteiger partial charge in [-0.25, -0.2) is 8.42 Å². The van der Waals surface area contributed by atoms with Crippen LogP contribution in [0.15, 0.2) is 35.2 Å². The minimum atomic E-state index is -3.52. The van der Waals surface area contributed by atoms with Crippen LogP contribution < -0.4 is 0 Å². The zero-order valence-corrected chi connectivity index (χ0v) is 12.1. The predicted molar refractivity (Wildman–Crippen MR) is 74.8 cm³/mol. The standard InChI is InChI=1S/C14H19NO4S/c16-14(17)10-9-12-6-4-5-11-15(12)20(18,19)13-7-2-1-3-8-13/h1-3,7-8,12H,4-6,9-11H2,(H,16,17). The molecule has 6 heteroatoms. The summed E-state index contributed by atoms with van der Waals surface area (Å²) < 4.78 is 26.7. The van der Waals surface area contributed by atoms with Gasteiger partial charge in [0, 0.05) is 19.0 Å². The van der Waals surface area contributed by atoms with Crippen molar-refractivity contribution in [3.05, 3.63) is 30.3 Å². The topological polar surface area (TPSA) is 74.7 Å². The summed E-state index contributed by atoms with van der Waals surface area (Å²) in [4.78, 5) is 11.0. The van der Waals surface area contributed by atoms with Gasteiger partial charge in [0.15, 0.2) is 0 Å². The molecule has 0 spiro atoms. The number of sulfonamides is 1. The lowest BCUT2D eigenvalue weighted by atomic mass is 10.0. The Morgan fingerprint density at radius 3 is 2.60 bits per heavy atom. The first-order valence-electron chi connectivity index (χ1n) is 6.80. The number of piperidine rings is 1. The van der Waals surface area contributed by atoms with Crippen LogP contribution in [0.25, 0.3) is 0 Å². The van der Waals surface area contributed by atoms with Crippen molar-refractivity contribution >= 4 is 16.0 Å². The van der Waals surface area contributed by atoms with Crippen molar-refractivity contribution in [2.75, 3.05) is 6.54 Å². The number of carboxylic acid groups (broad SMARTS) is 1. The molecule has 1 fully saturated rings. The molecule has 20 heavy (non-hydrogen) atoms. The lowest BCUT2D eigenvalue weighted by Gasteiger charge is -2.34. The monoisotopic (exact) mass is 297 g/mol. The Morgan fingerprint density at radius 1 is 1.25 bits per heavy atom. The smallest absolute Gasteiger partial charge is 0.303 e. The maximum atomic E-state index is 12.6. The van der Waals surface area contributed by atoms with Gasteiger partial charge in [-0.1, -0.05) is 24.6 Å². The average Bonchev–Trinajstić information content (AvgIpc) is 2.46. The number of rotatable bonds is 5. The third-order valence-electron chi connectivity index (χ3n) is 3.61. The van der Waals surface area contributed by atoms with Crippen molar-refractivity contribution in [3.63, 3.8) is 0 Å². The number of nitrogens with zero attached hydrogens (tertiary/aromatic N) is 1. The summed E-state index contributed by atoms with van der Waals surface area (Å²) in [5.41, 5.74) is 0. The van der Waals surface area contributed by atoms with Crippen LogP contribution in [0.3, 0.4) is 0 Å². The van der Waals surface area contributed by atoms with E-state index in [2.05, 4.69) is 0 Å². The van der Waals surface area contributed by atoms with E-state index in [9.17, 15) is 13.2 Å². The van der Waals surface area contributed by atoms with E-state index in [1.54, 1.807) is 30.3 Å². The van der Waals surface area contributed by atoms with Gasteiger partial charge >= 0.3 is 5.97 Å². The normalized spacial score (nSPS) is 20.7. The molecule has 1 saturated heterocycles.